The van der Waals surface area contributed by atoms with Crippen molar-refractivity contribution in [2.75, 3.05) is 0 Å². The molecular weight excluding hydrogens is 384 g/mol. The Morgan fingerprint density at radius 3 is 2.52 bits per heavy atom. The molecule has 2 aromatic carbocycles. The Hall–Kier alpha value is -3.51. The number of rotatable bonds is 4. The van der Waals surface area contributed by atoms with Crippen LogP contribution in [0.4, 0.5) is 0 Å². The monoisotopic (exact) mass is 402 g/mol. The van der Waals surface area contributed by atoms with E-state index in [0.717, 1.165) is 22.5 Å². The molecule has 1 N–H and O–H groups in total. The summed E-state index contributed by atoms with van der Waals surface area (Å²) in [6.45, 7) is 3.73. The Morgan fingerprint density at radius 2 is 1.83 bits per heavy atom. The van der Waals surface area contributed by atoms with Gasteiger partial charge in [-0.2, -0.15) is 0 Å². The van der Waals surface area contributed by atoms with Gasteiger partial charge in [0.2, 0.25) is 0 Å². The van der Waals surface area contributed by atoms with Gasteiger partial charge in [0.25, 0.3) is 5.56 Å². The molecule has 0 aliphatic heterocycles. The fourth-order valence-corrected chi connectivity index (χ4v) is 4.21. The van der Waals surface area contributed by atoms with E-state index in [0.29, 0.717) is 27.5 Å². The fraction of sp³-hybridized carbons (Fsp3) is 0.0870. The van der Waals surface area contributed by atoms with Crippen molar-refractivity contribution < 1.29 is 9.90 Å². The number of carboxylic acid groups (broad SMARTS) is 1. The largest absolute Gasteiger partial charge is 0.477 e. The maximum Gasteiger partial charge on any atom is 0.348 e. The summed E-state index contributed by atoms with van der Waals surface area (Å²) in [4.78, 5) is 30.0. The second-order valence-corrected chi connectivity index (χ2v) is 7.72. The smallest absolute Gasteiger partial charge is 0.348 e. The van der Waals surface area contributed by atoms with Gasteiger partial charge in [0.1, 0.15) is 4.88 Å². The van der Waals surface area contributed by atoms with Gasteiger partial charge in [-0.25, -0.2) is 14.2 Å². The van der Waals surface area contributed by atoms with Gasteiger partial charge in [0, 0.05) is 11.1 Å². The molecule has 0 fully saturated rings. The number of aromatic carboxylic acids is 1. The first-order chi connectivity index (χ1) is 14.0. The lowest BCUT2D eigenvalue weighted by atomic mass is 10.1. The van der Waals surface area contributed by atoms with Crippen LogP contribution in [-0.2, 0) is 0 Å². The van der Waals surface area contributed by atoms with Crippen molar-refractivity contribution in [2.24, 2.45) is 0 Å². The Balaban J connectivity index is 1.92. The lowest BCUT2D eigenvalue weighted by molar-refractivity contribution is 0.0702. The van der Waals surface area contributed by atoms with E-state index < -0.39 is 5.97 Å². The quantitative estimate of drug-likeness (QED) is 0.527. The number of benzene rings is 2. The average Bonchev–Trinajstić information content (AvgIpc) is 3.10. The molecule has 6 heteroatoms. The number of aryl methyl sites for hydroxylation is 1. The van der Waals surface area contributed by atoms with Gasteiger partial charge < -0.3 is 5.11 Å². The van der Waals surface area contributed by atoms with Crippen LogP contribution >= 0.6 is 11.3 Å². The molecule has 4 aromatic rings. The van der Waals surface area contributed by atoms with Gasteiger partial charge in [0.05, 0.1) is 11.4 Å². The van der Waals surface area contributed by atoms with Crippen molar-refractivity contribution in [1.29, 1.82) is 0 Å². The second kappa shape index (κ2) is 7.48. The Bertz CT molecular complexity index is 1320. The Labute approximate surface area is 171 Å². The molecule has 4 rings (SSSR count). The van der Waals surface area contributed by atoms with E-state index in [4.69, 9.17) is 0 Å². The SMILES string of the molecule is Cc1cccc(/C=C/c2nc3sc(C(=O)O)c(-c4ccccc4)n3c(=O)c2C)c1. The van der Waals surface area contributed by atoms with Gasteiger partial charge in [-0.3, -0.25) is 4.79 Å². The number of carboxylic acids is 1. The topological polar surface area (TPSA) is 71.7 Å². The summed E-state index contributed by atoms with van der Waals surface area (Å²) in [5, 5.41) is 9.69. The van der Waals surface area contributed by atoms with Crippen LogP contribution in [0.25, 0.3) is 28.4 Å². The van der Waals surface area contributed by atoms with Crippen molar-refractivity contribution in [3.05, 3.63) is 92.2 Å². The summed E-state index contributed by atoms with van der Waals surface area (Å²) in [6, 6.07) is 17.1. The van der Waals surface area contributed by atoms with Crippen LogP contribution in [-0.4, -0.2) is 20.5 Å². The first-order valence-electron chi connectivity index (χ1n) is 9.05. The number of carbonyl (C=O) groups is 1. The summed E-state index contributed by atoms with van der Waals surface area (Å²) >= 11 is 1.01. The van der Waals surface area contributed by atoms with Crippen molar-refractivity contribution in [3.63, 3.8) is 0 Å². The minimum absolute atomic E-state index is 0.0972. The first kappa shape index (κ1) is 18.8. The van der Waals surface area contributed by atoms with Crippen LogP contribution in [0.5, 0.6) is 0 Å². The van der Waals surface area contributed by atoms with Crippen LogP contribution < -0.4 is 5.56 Å². The molecule has 0 atom stereocenters. The summed E-state index contributed by atoms with van der Waals surface area (Å²) in [5.74, 6) is -1.08. The maximum absolute atomic E-state index is 13.1. The highest BCUT2D eigenvalue weighted by Crippen LogP contribution is 2.30. The molecule has 2 aromatic heterocycles. The summed E-state index contributed by atoms with van der Waals surface area (Å²) in [7, 11) is 0. The minimum Gasteiger partial charge on any atom is -0.477 e. The van der Waals surface area contributed by atoms with Crippen LogP contribution in [0.2, 0.25) is 0 Å². The predicted octanol–water partition coefficient (Wildman–Crippen LogP) is 4.91. The molecule has 0 amide bonds. The molecule has 29 heavy (non-hydrogen) atoms. The van der Waals surface area contributed by atoms with Crippen LogP contribution in [0.3, 0.4) is 0 Å². The van der Waals surface area contributed by atoms with Gasteiger partial charge >= 0.3 is 5.97 Å². The van der Waals surface area contributed by atoms with Gasteiger partial charge in [0.15, 0.2) is 4.96 Å². The van der Waals surface area contributed by atoms with Gasteiger partial charge in [-0.1, -0.05) is 77.6 Å². The molecule has 0 radical (unpaired) electrons. The molecule has 144 valence electrons. The number of hydrogen-bond acceptors (Lipinski definition) is 4. The predicted molar refractivity (Wildman–Crippen MR) is 117 cm³/mol. The average molecular weight is 402 g/mol. The van der Waals surface area contributed by atoms with Crippen LogP contribution in [0, 0.1) is 13.8 Å². The normalized spacial score (nSPS) is 11.4. The Morgan fingerprint density at radius 1 is 1.07 bits per heavy atom. The zero-order valence-corrected chi connectivity index (χ0v) is 16.7. The third kappa shape index (κ3) is 3.50. The zero-order chi connectivity index (χ0) is 20.5. The van der Waals surface area contributed by atoms with Gasteiger partial charge in [-0.15, -0.1) is 0 Å². The number of fused-ring (bicyclic) bond motifs is 1. The number of hydrogen-bond donors (Lipinski definition) is 1. The van der Waals surface area contributed by atoms with E-state index in [1.165, 1.54) is 4.40 Å². The third-order valence-corrected chi connectivity index (χ3v) is 5.69. The van der Waals surface area contributed by atoms with E-state index in [1.54, 1.807) is 25.1 Å². The lowest BCUT2D eigenvalue weighted by Gasteiger charge is -2.05. The highest BCUT2D eigenvalue weighted by molar-refractivity contribution is 7.19. The minimum atomic E-state index is -1.08. The number of nitrogens with zero attached hydrogens (tertiary/aromatic N) is 2. The summed E-state index contributed by atoms with van der Waals surface area (Å²) in [6.07, 6.45) is 3.70. The second-order valence-electron chi connectivity index (χ2n) is 6.74. The highest BCUT2D eigenvalue weighted by Gasteiger charge is 2.22. The summed E-state index contributed by atoms with van der Waals surface area (Å²) < 4.78 is 1.41. The molecule has 0 aliphatic carbocycles. The number of aromatic nitrogens is 2. The molecule has 0 saturated heterocycles. The van der Waals surface area contributed by atoms with E-state index >= 15 is 0 Å². The van der Waals surface area contributed by atoms with E-state index in [2.05, 4.69) is 4.98 Å². The molecule has 0 aliphatic rings. The zero-order valence-electron chi connectivity index (χ0n) is 15.9. The van der Waals surface area contributed by atoms with Crippen LogP contribution in [0.1, 0.15) is 32.1 Å². The fourth-order valence-electron chi connectivity index (χ4n) is 3.22. The molecule has 0 saturated carbocycles. The van der Waals surface area contributed by atoms with E-state index in [1.807, 2.05) is 55.5 Å². The van der Waals surface area contributed by atoms with E-state index in [9.17, 15) is 14.7 Å². The van der Waals surface area contributed by atoms with Crippen LogP contribution in [0.15, 0.2) is 59.4 Å². The maximum atomic E-state index is 13.1. The van der Waals surface area contributed by atoms with Crippen molar-refractivity contribution in [1.82, 2.24) is 9.38 Å². The van der Waals surface area contributed by atoms with Crippen molar-refractivity contribution >= 4 is 34.4 Å². The van der Waals surface area contributed by atoms with Crippen molar-refractivity contribution in [3.8, 4) is 11.3 Å². The highest BCUT2D eigenvalue weighted by atomic mass is 32.1. The standard InChI is InChI=1S/C23H18N2O3S/c1-14-7-6-8-16(13-14)11-12-18-15(2)21(26)25-19(17-9-4-3-5-10-17)20(22(27)28)29-23(25)24-18/h3-13H,1-2H3,(H,27,28)/b12-11+. The molecule has 0 spiro atoms. The third-order valence-electron chi connectivity index (χ3n) is 4.66. The summed E-state index contributed by atoms with van der Waals surface area (Å²) in [5.41, 5.74) is 3.93. The lowest BCUT2D eigenvalue weighted by Crippen LogP contribution is -2.19. The van der Waals surface area contributed by atoms with Crippen molar-refractivity contribution in [2.45, 2.75) is 13.8 Å². The molecule has 2 heterocycles. The number of thiazole rings is 1. The Kier molecular flexibility index (Phi) is 4.86. The molecule has 0 bridgehead atoms. The van der Waals surface area contributed by atoms with Gasteiger partial charge in [-0.05, 0) is 25.5 Å². The first-order valence-corrected chi connectivity index (χ1v) is 9.87. The molecule has 0 unspecified atom stereocenters. The van der Waals surface area contributed by atoms with E-state index in [-0.39, 0.29) is 10.4 Å². The molecular formula is C23H18N2O3S. The molecule has 5 nitrogen and oxygen atoms in total.